The fourth-order valence-electron chi connectivity index (χ4n) is 2.65. The van der Waals surface area contributed by atoms with Gasteiger partial charge in [-0.05, 0) is 50.2 Å². The molecule has 0 N–H and O–H groups in total. The second kappa shape index (κ2) is 12.1. The predicted molar refractivity (Wildman–Crippen MR) is 118 cm³/mol. The predicted octanol–water partition coefficient (Wildman–Crippen LogP) is 5.41. The van der Waals surface area contributed by atoms with E-state index < -0.39 is 11.7 Å². The van der Waals surface area contributed by atoms with E-state index in [0.717, 1.165) is 30.5 Å². The van der Waals surface area contributed by atoms with Crippen LogP contribution >= 0.6 is 8.58 Å². The summed E-state index contributed by atoms with van der Waals surface area (Å²) in [5.41, 5.74) is 2.12. The number of aryl methyl sites for hydroxylation is 1. The zero-order valence-electron chi connectivity index (χ0n) is 17.5. The van der Waals surface area contributed by atoms with E-state index in [1.54, 1.807) is 0 Å². The molecule has 1 saturated heterocycles. The van der Waals surface area contributed by atoms with E-state index in [0.29, 0.717) is 8.58 Å². The van der Waals surface area contributed by atoms with Crippen LogP contribution in [0.4, 0.5) is 18.9 Å². The number of alkyl halides is 3. The maximum atomic E-state index is 12.0. The third kappa shape index (κ3) is 8.20. The van der Waals surface area contributed by atoms with Gasteiger partial charge in [0.2, 0.25) is 0 Å². The molecule has 0 saturated carbocycles. The zero-order chi connectivity index (χ0) is 21.2. The summed E-state index contributed by atoms with van der Waals surface area (Å²) in [5, 5.41) is 0.947. The Morgan fingerprint density at radius 2 is 1.32 bits per heavy atom. The van der Waals surface area contributed by atoms with E-state index >= 15 is 0 Å². The molecule has 28 heavy (non-hydrogen) atoms. The van der Waals surface area contributed by atoms with Gasteiger partial charge in [-0.3, -0.25) is 0 Å². The van der Waals surface area contributed by atoms with Crippen molar-refractivity contribution in [2.45, 2.75) is 26.9 Å². The van der Waals surface area contributed by atoms with Crippen LogP contribution in [0.5, 0.6) is 0 Å². The summed E-state index contributed by atoms with van der Waals surface area (Å²) in [6.07, 6.45) is -4.21. The number of piperazine rings is 1. The van der Waals surface area contributed by atoms with Gasteiger partial charge in [-0.2, -0.15) is 13.2 Å². The molecule has 1 aliphatic heterocycles. The van der Waals surface area contributed by atoms with Crippen molar-refractivity contribution in [1.29, 1.82) is 0 Å². The minimum absolute atomic E-state index is 0.542. The van der Waals surface area contributed by atoms with Gasteiger partial charge in [0.1, 0.15) is 0 Å². The monoisotopic (exact) mass is 412 g/mol. The van der Waals surface area contributed by atoms with Gasteiger partial charge in [-0.1, -0.05) is 52.3 Å². The molecule has 0 bridgehead atoms. The van der Waals surface area contributed by atoms with Crippen LogP contribution in [0.25, 0.3) is 0 Å². The van der Waals surface area contributed by atoms with Crippen LogP contribution in [0.1, 0.15) is 25.0 Å². The van der Waals surface area contributed by atoms with Crippen molar-refractivity contribution in [3.63, 3.8) is 0 Å². The minimum atomic E-state index is -4.21. The molecule has 1 heterocycles. The highest BCUT2D eigenvalue weighted by molar-refractivity contribution is 7.46. The number of halogens is 3. The van der Waals surface area contributed by atoms with Gasteiger partial charge in [0.15, 0.2) is 0 Å². The lowest BCUT2D eigenvalue weighted by molar-refractivity contribution is -0.137. The smallest absolute Gasteiger partial charge is 0.369 e. The van der Waals surface area contributed by atoms with E-state index in [1.807, 2.05) is 20.5 Å². The summed E-state index contributed by atoms with van der Waals surface area (Å²) in [4.78, 5) is 4.84. The average Bonchev–Trinajstić information content (AvgIpc) is 2.71. The van der Waals surface area contributed by atoms with Crippen molar-refractivity contribution in [3.8, 4) is 0 Å². The summed E-state index contributed by atoms with van der Waals surface area (Å²) >= 11 is 0. The molecule has 1 unspecified atom stereocenters. The maximum Gasteiger partial charge on any atom is 0.416 e. The topological polar surface area (TPSA) is 6.48 Å². The van der Waals surface area contributed by atoms with Crippen molar-refractivity contribution in [1.82, 2.24) is 4.90 Å². The Balaban J connectivity index is 0.000000260. The Hall–Kier alpha value is -1.58. The third-order valence-corrected chi connectivity index (χ3v) is 5.31. The van der Waals surface area contributed by atoms with E-state index in [1.165, 1.54) is 36.5 Å². The Morgan fingerprint density at radius 1 is 0.821 bits per heavy atom. The molecular weight excluding hydrogens is 380 g/mol. The average molecular weight is 412 g/mol. The second-order valence-corrected chi connectivity index (χ2v) is 7.53. The van der Waals surface area contributed by atoms with Crippen LogP contribution in [0, 0.1) is 6.92 Å². The molecule has 0 radical (unpaired) electrons. The largest absolute Gasteiger partial charge is 0.416 e. The highest BCUT2D eigenvalue weighted by Crippen LogP contribution is 2.28. The third-order valence-electron chi connectivity index (χ3n) is 4.40. The number of anilines is 1. The Kier molecular flexibility index (Phi) is 10.6. The van der Waals surface area contributed by atoms with Gasteiger partial charge < -0.3 is 9.80 Å². The molecular formula is C22H32F3N2P. The molecule has 1 aliphatic rings. The molecule has 2 aromatic rings. The van der Waals surface area contributed by atoms with Crippen molar-refractivity contribution >= 4 is 19.6 Å². The summed E-state index contributed by atoms with van der Waals surface area (Å²) in [6, 6.07) is 14.1. The van der Waals surface area contributed by atoms with E-state index in [9.17, 15) is 13.2 Å². The number of benzene rings is 2. The van der Waals surface area contributed by atoms with E-state index in [4.69, 9.17) is 0 Å². The van der Waals surface area contributed by atoms with Gasteiger partial charge in [0, 0.05) is 31.9 Å². The van der Waals surface area contributed by atoms with Crippen molar-refractivity contribution in [3.05, 3.63) is 59.7 Å². The molecule has 0 spiro atoms. The molecule has 2 nitrogen and oxygen atoms in total. The molecule has 1 fully saturated rings. The number of rotatable bonds is 2. The Morgan fingerprint density at radius 3 is 1.75 bits per heavy atom. The maximum absolute atomic E-state index is 12.0. The van der Waals surface area contributed by atoms with Gasteiger partial charge in [-0.15, -0.1) is 0 Å². The molecule has 156 valence electrons. The highest BCUT2D eigenvalue weighted by atomic mass is 31.1. The Labute approximate surface area is 169 Å². The first kappa shape index (κ1) is 24.5. The molecule has 0 aliphatic carbocycles. The quantitative estimate of drug-likeness (QED) is 0.609. The van der Waals surface area contributed by atoms with E-state index in [-0.39, 0.29) is 0 Å². The highest BCUT2D eigenvalue weighted by Gasteiger charge is 2.29. The molecule has 1 atom stereocenters. The van der Waals surface area contributed by atoms with Crippen LogP contribution in [-0.4, -0.2) is 44.8 Å². The summed E-state index contributed by atoms with van der Waals surface area (Å²) in [7, 11) is 2.73. The normalized spacial score (nSPS) is 14.9. The molecule has 0 amide bonds. The fraction of sp³-hybridized carbons (Fsp3) is 0.455. The lowest BCUT2D eigenvalue weighted by Crippen LogP contribution is -2.44. The molecule has 6 heteroatoms. The van der Waals surface area contributed by atoms with Crippen LogP contribution in [-0.2, 0) is 6.18 Å². The Bertz CT molecular complexity index is 662. The van der Waals surface area contributed by atoms with Gasteiger partial charge >= 0.3 is 6.18 Å². The summed E-state index contributed by atoms with van der Waals surface area (Å²) in [5.74, 6) is 0. The standard InChI is InChI=1S/C12H18N2.C8H8F3P.C2H6/c1-11-3-5-12(6-4-11)14-9-7-13(2)8-10-14;1-12-7-4-2-6(3-5-7)8(9,10)11;1-2/h3-6H,7-10H2,1-2H3;2-5,12H,1H3;1-2H3. The number of hydrogen-bond acceptors (Lipinski definition) is 2. The van der Waals surface area contributed by atoms with Crippen molar-refractivity contribution < 1.29 is 13.2 Å². The lowest BCUT2D eigenvalue weighted by Gasteiger charge is -2.34. The van der Waals surface area contributed by atoms with Crippen molar-refractivity contribution in [2.75, 3.05) is 44.8 Å². The van der Waals surface area contributed by atoms with Gasteiger partial charge in [0.25, 0.3) is 0 Å². The van der Waals surface area contributed by atoms with Crippen LogP contribution in [0.2, 0.25) is 0 Å². The van der Waals surface area contributed by atoms with Crippen molar-refractivity contribution in [2.24, 2.45) is 0 Å². The van der Waals surface area contributed by atoms with Gasteiger partial charge in [0.05, 0.1) is 5.56 Å². The SMILES string of the molecule is CC.CPc1ccc(C(F)(F)F)cc1.Cc1ccc(N2CCN(C)CC2)cc1. The number of likely N-dealkylation sites (N-methyl/N-ethyl adjacent to an activating group) is 1. The summed E-state index contributed by atoms with van der Waals surface area (Å²) in [6.45, 7) is 12.7. The first-order valence-electron chi connectivity index (χ1n) is 9.65. The molecule has 2 aromatic carbocycles. The van der Waals surface area contributed by atoms with Crippen LogP contribution in [0.3, 0.4) is 0 Å². The fourth-order valence-corrected chi connectivity index (χ4v) is 3.15. The first-order valence-corrected chi connectivity index (χ1v) is 11.1. The first-order chi connectivity index (χ1) is 13.3. The van der Waals surface area contributed by atoms with Crippen LogP contribution < -0.4 is 10.2 Å². The lowest BCUT2D eigenvalue weighted by atomic mass is 10.2. The van der Waals surface area contributed by atoms with Crippen LogP contribution in [0.15, 0.2) is 48.5 Å². The minimum Gasteiger partial charge on any atom is -0.369 e. The van der Waals surface area contributed by atoms with E-state index in [2.05, 4.69) is 48.0 Å². The van der Waals surface area contributed by atoms with Gasteiger partial charge in [-0.25, -0.2) is 0 Å². The zero-order valence-corrected chi connectivity index (χ0v) is 18.5. The molecule has 0 aromatic heterocycles. The number of nitrogens with zero attached hydrogens (tertiary/aromatic N) is 2. The second-order valence-electron chi connectivity index (χ2n) is 6.45. The summed E-state index contributed by atoms with van der Waals surface area (Å²) < 4.78 is 36.1. The molecule has 3 rings (SSSR count). The number of hydrogen-bond donors (Lipinski definition) is 0.